The molecule has 0 radical (unpaired) electrons. The molecule has 2 unspecified atom stereocenters. The van der Waals surface area contributed by atoms with Crippen LogP contribution in [0.4, 0.5) is 0 Å². The molecule has 3 nitrogen and oxygen atoms in total. The Morgan fingerprint density at radius 3 is 2.33 bits per heavy atom. The van der Waals surface area contributed by atoms with Crippen molar-refractivity contribution in [3.05, 3.63) is 0 Å². The van der Waals surface area contributed by atoms with Crippen molar-refractivity contribution < 1.29 is 5.21 Å². The highest BCUT2D eigenvalue weighted by atomic mass is 16.4. The number of hydrogen-bond donors (Lipinski definition) is 1. The van der Waals surface area contributed by atoms with Crippen LogP contribution >= 0.6 is 0 Å². The third kappa shape index (κ3) is 0.774. The maximum absolute atomic E-state index is 8.87. The highest BCUT2D eigenvalue weighted by Crippen LogP contribution is 2.41. The molecule has 1 saturated carbocycles. The Kier molecular flexibility index (Phi) is 1.28. The number of nitrogens with zero attached hydrogens (tertiary/aromatic N) is 2. The summed E-state index contributed by atoms with van der Waals surface area (Å²) >= 11 is 0. The van der Waals surface area contributed by atoms with Crippen LogP contribution in [0.5, 0.6) is 0 Å². The lowest BCUT2D eigenvalue weighted by Crippen LogP contribution is -2.58. The van der Waals surface area contributed by atoms with Crippen molar-refractivity contribution in [2.45, 2.75) is 12.8 Å². The Morgan fingerprint density at radius 1 is 1.17 bits per heavy atom. The van der Waals surface area contributed by atoms with Crippen LogP contribution < -0.4 is 0 Å². The van der Waals surface area contributed by atoms with Crippen molar-refractivity contribution in [3.63, 3.8) is 0 Å². The minimum atomic E-state index is 0.584. The minimum Gasteiger partial charge on any atom is -0.411 e. The summed E-state index contributed by atoms with van der Waals surface area (Å²) in [6.07, 6.45) is 2.54. The fourth-order valence-corrected chi connectivity index (χ4v) is 3.34. The summed E-state index contributed by atoms with van der Waals surface area (Å²) in [7, 11) is 0. The van der Waals surface area contributed by atoms with Crippen LogP contribution in [0.15, 0.2) is 5.16 Å². The first-order chi connectivity index (χ1) is 5.86. The molecule has 0 spiro atoms. The largest absolute Gasteiger partial charge is 0.411 e. The van der Waals surface area contributed by atoms with Gasteiger partial charge in [-0.3, -0.25) is 0 Å². The average Bonchev–Trinajstić information content (AvgIpc) is 2.02. The van der Waals surface area contributed by atoms with Gasteiger partial charge in [0.25, 0.3) is 0 Å². The molecular weight excluding hydrogens is 152 g/mol. The minimum absolute atomic E-state index is 0.584. The van der Waals surface area contributed by atoms with Gasteiger partial charge in [0, 0.05) is 31.5 Å². The van der Waals surface area contributed by atoms with Crippen LogP contribution in [0.1, 0.15) is 12.8 Å². The summed E-state index contributed by atoms with van der Waals surface area (Å²) in [6, 6.07) is 0. The molecule has 1 aliphatic carbocycles. The quantitative estimate of drug-likeness (QED) is 0.426. The Balaban J connectivity index is 1.95. The highest BCUT2D eigenvalue weighted by Gasteiger charge is 2.45. The number of rotatable bonds is 0. The third-order valence-corrected chi connectivity index (χ3v) is 3.66. The number of hydrogen-bond acceptors (Lipinski definition) is 3. The standard InChI is InChI=1S/C9H14N2O/c12-10-9-7-1-6-2-8(9)5-11(3-6)4-7/h6-8,12H,1-5H2/b10-9-/t6?,7-,8+/m1/s1. The fraction of sp³-hybridized carbons (Fsp3) is 0.889. The van der Waals surface area contributed by atoms with Gasteiger partial charge in [-0.15, -0.1) is 0 Å². The van der Waals surface area contributed by atoms with Gasteiger partial charge in [-0.2, -0.15) is 0 Å². The maximum atomic E-state index is 8.87. The zero-order valence-electron chi connectivity index (χ0n) is 7.11. The topological polar surface area (TPSA) is 35.8 Å². The molecule has 4 aliphatic rings. The summed E-state index contributed by atoms with van der Waals surface area (Å²) in [6.45, 7) is 3.59. The van der Waals surface area contributed by atoms with E-state index < -0.39 is 0 Å². The van der Waals surface area contributed by atoms with Gasteiger partial charge in [0.05, 0.1) is 5.71 Å². The third-order valence-electron chi connectivity index (χ3n) is 3.66. The van der Waals surface area contributed by atoms with Crippen LogP contribution in [0, 0.1) is 17.8 Å². The van der Waals surface area contributed by atoms with Crippen LogP contribution in [-0.4, -0.2) is 35.5 Å². The van der Waals surface area contributed by atoms with Gasteiger partial charge in [0.1, 0.15) is 0 Å². The van der Waals surface area contributed by atoms with E-state index in [-0.39, 0.29) is 0 Å². The van der Waals surface area contributed by atoms with Gasteiger partial charge in [0.2, 0.25) is 0 Å². The van der Waals surface area contributed by atoms with E-state index in [2.05, 4.69) is 10.1 Å². The summed E-state index contributed by atoms with van der Waals surface area (Å²) in [5.41, 5.74) is 1.10. The molecule has 4 bridgehead atoms. The Hall–Kier alpha value is -0.570. The summed E-state index contributed by atoms with van der Waals surface area (Å²) < 4.78 is 0. The van der Waals surface area contributed by atoms with Crippen LogP contribution in [0.2, 0.25) is 0 Å². The summed E-state index contributed by atoms with van der Waals surface area (Å²) in [4.78, 5) is 2.53. The molecule has 3 heteroatoms. The molecular formula is C9H14N2O. The van der Waals surface area contributed by atoms with Gasteiger partial charge in [-0.25, -0.2) is 0 Å². The van der Waals surface area contributed by atoms with Gasteiger partial charge < -0.3 is 10.1 Å². The van der Waals surface area contributed by atoms with Crippen molar-refractivity contribution in [2.24, 2.45) is 22.9 Å². The lowest BCUT2D eigenvalue weighted by atomic mass is 9.67. The van der Waals surface area contributed by atoms with E-state index in [0.29, 0.717) is 11.8 Å². The number of piperidine rings is 3. The molecule has 0 aromatic rings. The Morgan fingerprint density at radius 2 is 1.83 bits per heavy atom. The van der Waals surface area contributed by atoms with Crippen molar-refractivity contribution in [1.29, 1.82) is 0 Å². The van der Waals surface area contributed by atoms with Gasteiger partial charge >= 0.3 is 0 Å². The summed E-state index contributed by atoms with van der Waals surface area (Å²) in [5.74, 6) is 2.07. The van der Waals surface area contributed by atoms with E-state index in [1.165, 1.54) is 19.4 Å². The van der Waals surface area contributed by atoms with E-state index in [4.69, 9.17) is 5.21 Å². The second kappa shape index (κ2) is 2.22. The molecule has 3 heterocycles. The lowest BCUT2D eigenvalue weighted by Gasteiger charge is -2.51. The van der Waals surface area contributed by atoms with Crippen LogP contribution in [0.3, 0.4) is 0 Å². The first kappa shape index (κ1) is 6.89. The van der Waals surface area contributed by atoms with Crippen molar-refractivity contribution >= 4 is 5.71 Å². The SMILES string of the molecule is O/N=C1/[C@@H]2CC3C[C@H]1CN(C3)C2. The van der Waals surface area contributed by atoms with E-state index in [9.17, 15) is 0 Å². The zero-order chi connectivity index (χ0) is 8.13. The predicted octanol–water partition coefficient (Wildman–Crippen LogP) is 0.788. The fourth-order valence-electron chi connectivity index (χ4n) is 3.34. The van der Waals surface area contributed by atoms with Gasteiger partial charge in [0.15, 0.2) is 0 Å². The van der Waals surface area contributed by atoms with Crippen molar-refractivity contribution in [3.8, 4) is 0 Å². The van der Waals surface area contributed by atoms with E-state index >= 15 is 0 Å². The molecule has 4 rings (SSSR count). The molecule has 0 aromatic carbocycles. The molecule has 0 amide bonds. The molecule has 4 atom stereocenters. The second-order valence-electron chi connectivity index (χ2n) is 4.47. The first-order valence-corrected chi connectivity index (χ1v) is 4.81. The monoisotopic (exact) mass is 166 g/mol. The zero-order valence-corrected chi connectivity index (χ0v) is 7.11. The molecule has 1 N–H and O–H groups in total. The lowest BCUT2D eigenvalue weighted by molar-refractivity contribution is 0.0534. The first-order valence-electron chi connectivity index (χ1n) is 4.81. The molecule has 3 aliphatic heterocycles. The van der Waals surface area contributed by atoms with Crippen molar-refractivity contribution in [2.75, 3.05) is 19.6 Å². The average molecular weight is 166 g/mol. The number of oxime groups is 1. The van der Waals surface area contributed by atoms with E-state index in [1.807, 2.05) is 0 Å². The predicted molar refractivity (Wildman–Crippen MR) is 45.4 cm³/mol. The van der Waals surface area contributed by atoms with Crippen LogP contribution in [0.25, 0.3) is 0 Å². The summed E-state index contributed by atoms with van der Waals surface area (Å²) in [5, 5.41) is 12.3. The second-order valence-corrected chi connectivity index (χ2v) is 4.47. The Bertz CT molecular complexity index is 207. The van der Waals surface area contributed by atoms with Crippen LogP contribution in [-0.2, 0) is 0 Å². The van der Waals surface area contributed by atoms with Gasteiger partial charge in [-0.1, -0.05) is 5.16 Å². The Labute approximate surface area is 72.0 Å². The normalized spacial score (nSPS) is 53.5. The molecule has 66 valence electrons. The highest BCUT2D eigenvalue weighted by molar-refractivity contribution is 5.90. The van der Waals surface area contributed by atoms with E-state index in [1.54, 1.807) is 0 Å². The molecule has 3 saturated heterocycles. The van der Waals surface area contributed by atoms with Gasteiger partial charge in [-0.05, 0) is 18.8 Å². The van der Waals surface area contributed by atoms with Crippen molar-refractivity contribution in [1.82, 2.24) is 4.90 Å². The smallest absolute Gasteiger partial charge is 0.0658 e. The molecule has 4 fully saturated rings. The molecule has 0 aromatic heterocycles. The molecule has 12 heavy (non-hydrogen) atoms. The maximum Gasteiger partial charge on any atom is 0.0658 e. The van der Waals surface area contributed by atoms with E-state index in [0.717, 1.165) is 24.7 Å².